The molecule has 2 rings (SSSR count). The van der Waals surface area contributed by atoms with Gasteiger partial charge in [0.05, 0.1) is 0 Å². The first-order chi connectivity index (χ1) is 8.30. The summed E-state index contributed by atoms with van der Waals surface area (Å²) in [4.78, 5) is 11.0. The van der Waals surface area contributed by atoms with Crippen molar-refractivity contribution in [3.05, 3.63) is 11.9 Å². The van der Waals surface area contributed by atoms with Crippen LogP contribution < -0.4 is 16.2 Å². The standard InChI is InChI=1S/C12H21N5/c1-3-9-5-6-17(7-9)12-10(4-2)11(16-13)14-8-15-12/h8-9H,3-7,13H2,1-2H3,(H,14,15,16). The highest BCUT2D eigenvalue weighted by atomic mass is 15.3. The zero-order chi connectivity index (χ0) is 12.3. The first kappa shape index (κ1) is 12.1. The smallest absolute Gasteiger partial charge is 0.148 e. The number of rotatable bonds is 4. The molecular weight excluding hydrogens is 214 g/mol. The second kappa shape index (κ2) is 5.31. The van der Waals surface area contributed by atoms with Gasteiger partial charge in [0.15, 0.2) is 0 Å². The Balaban J connectivity index is 2.26. The summed E-state index contributed by atoms with van der Waals surface area (Å²) in [5.41, 5.74) is 3.78. The minimum absolute atomic E-state index is 0.748. The van der Waals surface area contributed by atoms with Crippen molar-refractivity contribution < 1.29 is 0 Å². The molecule has 1 aromatic heterocycles. The monoisotopic (exact) mass is 235 g/mol. The summed E-state index contributed by atoms with van der Waals surface area (Å²) in [6.45, 7) is 6.55. The Kier molecular flexibility index (Phi) is 3.78. The van der Waals surface area contributed by atoms with Crippen molar-refractivity contribution in [2.45, 2.75) is 33.1 Å². The number of nitrogens with zero attached hydrogens (tertiary/aromatic N) is 3. The van der Waals surface area contributed by atoms with Crippen molar-refractivity contribution in [2.24, 2.45) is 11.8 Å². The van der Waals surface area contributed by atoms with E-state index in [1.807, 2.05) is 0 Å². The number of nitrogen functional groups attached to an aromatic ring is 1. The van der Waals surface area contributed by atoms with E-state index in [0.717, 1.165) is 42.6 Å². The van der Waals surface area contributed by atoms with Gasteiger partial charge in [0.1, 0.15) is 18.0 Å². The number of anilines is 2. The predicted molar refractivity (Wildman–Crippen MR) is 69.8 cm³/mol. The van der Waals surface area contributed by atoms with E-state index in [9.17, 15) is 0 Å². The predicted octanol–water partition coefficient (Wildman–Crippen LogP) is 1.56. The van der Waals surface area contributed by atoms with Gasteiger partial charge in [-0.15, -0.1) is 0 Å². The van der Waals surface area contributed by atoms with E-state index in [-0.39, 0.29) is 0 Å². The SMILES string of the molecule is CCc1c(NN)ncnc1N1CCC(CC)C1. The van der Waals surface area contributed by atoms with Crippen LogP contribution in [0.5, 0.6) is 0 Å². The Morgan fingerprint density at radius 3 is 2.88 bits per heavy atom. The molecule has 1 unspecified atom stereocenters. The minimum Gasteiger partial charge on any atom is -0.356 e. The molecule has 0 amide bonds. The molecule has 0 saturated carbocycles. The summed E-state index contributed by atoms with van der Waals surface area (Å²) in [5, 5.41) is 0. The van der Waals surface area contributed by atoms with Gasteiger partial charge >= 0.3 is 0 Å². The average Bonchev–Trinajstić information content (AvgIpc) is 2.86. The highest BCUT2D eigenvalue weighted by Gasteiger charge is 2.24. The van der Waals surface area contributed by atoms with E-state index in [2.05, 4.69) is 34.1 Å². The molecule has 94 valence electrons. The number of hydrazine groups is 1. The van der Waals surface area contributed by atoms with Crippen LogP contribution in [0.15, 0.2) is 6.33 Å². The molecule has 0 spiro atoms. The minimum atomic E-state index is 0.748. The first-order valence-corrected chi connectivity index (χ1v) is 6.35. The van der Waals surface area contributed by atoms with Crippen LogP contribution in [0.4, 0.5) is 11.6 Å². The summed E-state index contributed by atoms with van der Waals surface area (Å²) < 4.78 is 0. The maximum Gasteiger partial charge on any atom is 0.148 e. The molecule has 0 radical (unpaired) electrons. The molecule has 0 aromatic carbocycles. The second-order valence-electron chi connectivity index (χ2n) is 4.53. The zero-order valence-electron chi connectivity index (χ0n) is 10.6. The van der Waals surface area contributed by atoms with Gasteiger partial charge < -0.3 is 10.3 Å². The molecule has 5 nitrogen and oxygen atoms in total. The summed E-state index contributed by atoms with van der Waals surface area (Å²) in [6, 6.07) is 0. The zero-order valence-corrected chi connectivity index (χ0v) is 10.6. The van der Waals surface area contributed by atoms with Crippen LogP contribution in [0.2, 0.25) is 0 Å². The van der Waals surface area contributed by atoms with Crippen LogP contribution in [0.3, 0.4) is 0 Å². The number of hydrogen-bond acceptors (Lipinski definition) is 5. The van der Waals surface area contributed by atoms with Crippen molar-refractivity contribution in [1.82, 2.24) is 9.97 Å². The normalized spacial score (nSPS) is 19.7. The lowest BCUT2D eigenvalue weighted by Crippen LogP contribution is -2.23. The van der Waals surface area contributed by atoms with Crippen LogP contribution in [-0.2, 0) is 6.42 Å². The Bertz CT molecular complexity index is 379. The number of nitrogens with one attached hydrogen (secondary N) is 1. The Hall–Kier alpha value is -1.36. The quantitative estimate of drug-likeness (QED) is 0.612. The van der Waals surface area contributed by atoms with Crippen molar-refractivity contribution >= 4 is 11.6 Å². The summed E-state index contributed by atoms with van der Waals surface area (Å²) in [6.07, 6.45) is 4.98. The summed E-state index contributed by atoms with van der Waals surface area (Å²) in [5.74, 6) is 8.08. The Labute approximate surface area is 102 Å². The fourth-order valence-electron chi connectivity index (χ4n) is 2.48. The molecule has 1 atom stereocenters. The van der Waals surface area contributed by atoms with Crippen LogP contribution in [0.1, 0.15) is 32.3 Å². The van der Waals surface area contributed by atoms with E-state index in [1.165, 1.54) is 12.8 Å². The maximum atomic E-state index is 5.49. The molecule has 1 aliphatic heterocycles. The fourth-order valence-corrected chi connectivity index (χ4v) is 2.48. The lowest BCUT2D eigenvalue weighted by Gasteiger charge is -2.21. The van der Waals surface area contributed by atoms with E-state index in [4.69, 9.17) is 5.84 Å². The molecule has 1 saturated heterocycles. The lowest BCUT2D eigenvalue weighted by molar-refractivity contribution is 0.568. The number of hydrogen-bond donors (Lipinski definition) is 2. The van der Waals surface area contributed by atoms with Crippen LogP contribution in [-0.4, -0.2) is 23.1 Å². The summed E-state index contributed by atoms with van der Waals surface area (Å²) in [7, 11) is 0. The molecule has 1 aromatic rings. The second-order valence-corrected chi connectivity index (χ2v) is 4.53. The molecule has 17 heavy (non-hydrogen) atoms. The van der Waals surface area contributed by atoms with E-state index >= 15 is 0 Å². The molecule has 3 N–H and O–H groups in total. The van der Waals surface area contributed by atoms with E-state index in [0.29, 0.717) is 0 Å². The lowest BCUT2D eigenvalue weighted by atomic mass is 10.1. The van der Waals surface area contributed by atoms with Gasteiger partial charge in [-0.1, -0.05) is 20.3 Å². The molecule has 2 heterocycles. The van der Waals surface area contributed by atoms with Gasteiger partial charge in [0.25, 0.3) is 0 Å². The van der Waals surface area contributed by atoms with Gasteiger partial charge in [-0.2, -0.15) is 0 Å². The third-order valence-corrected chi connectivity index (χ3v) is 3.58. The van der Waals surface area contributed by atoms with E-state index < -0.39 is 0 Å². The van der Waals surface area contributed by atoms with Crippen LogP contribution in [0.25, 0.3) is 0 Å². The van der Waals surface area contributed by atoms with Gasteiger partial charge in [-0.05, 0) is 18.8 Å². The third-order valence-electron chi connectivity index (χ3n) is 3.58. The van der Waals surface area contributed by atoms with Crippen molar-refractivity contribution in [3.63, 3.8) is 0 Å². The first-order valence-electron chi connectivity index (χ1n) is 6.35. The highest BCUT2D eigenvalue weighted by Crippen LogP contribution is 2.29. The fraction of sp³-hybridized carbons (Fsp3) is 0.667. The van der Waals surface area contributed by atoms with E-state index in [1.54, 1.807) is 6.33 Å². The largest absolute Gasteiger partial charge is 0.356 e. The van der Waals surface area contributed by atoms with Gasteiger partial charge in [-0.3, -0.25) is 0 Å². The van der Waals surface area contributed by atoms with Crippen molar-refractivity contribution in [1.29, 1.82) is 0 Å². The Morgan fingerprint density at radius 1 is 1.47 bits per heavy atom. The van der Waals surface area contributed by atoms with Crippen LogP contribution >= 0.6 is 0 Å². The molecule has 0 bridgehead atoms. The van der Waals surface area contributed by atoms with Gasteiger partial charge in [0, 0.05) is 18.7 Å². The average molecular weight is 235 g/mol. The van der Waals surface area contributed by atoms with Gasteiger partial charge in [0.2, 0.25) is 0 Å². The highest BCUT2D eigenvalue weighted by molar-refractivity contribution is 5.58. The van der Waals surface area contributed by atoms with Crippen LogP contribution in [0, 0.1) is 5.92 Å². The van der Waals surface area contributed by atoms with Crippen molar-refractivity contribution in [3.8, 4) is 0 Å². The topological polar surface area (TPSA) is 67.1 Å². The third kappa shape index (κ3) is 2.34. The maximum absolute atomic E-state index is 5.49. The Morgan fingerprint density at radius 2 is 2.29 bits per heavy atom. The molecule has 5 heteroatoms. The number of nitrogens with two attached hydrogens (primary N) is 1. The molecule has 1 aliphatic rings. The van der Waals surface area contributed by atoms with Crippen molar-refractivity contribution in [2.75, 3.05) is 23.4 Å². The number of aromatic nitrogens is 2. The molecular formula is C12H21N5. The molecule has 1 fully saturated rings. The van der Waals surface area contributed by atoms with Gasteiger partial charge in [-0.25, -0.2) is 15.8 Å². The molecule has 0 aliphatic carbocycles. The summed E-state index contributed by atoms with van der Waals surface area (Å²) >= 11 is 0.